The topological polar surface area (TPSA) is 78.4 Å². The number of hydrogen-bond acceptors (Lipinski definition) is 2. The van der Waals surface area contributed by atoms with E-state index in [2.05, 4.69) is 10.6 Å². The van der Waals surface area contributed by atoms with E-state index in [-0.39, 0.29) is 12.1 Å². The Kier molecular flexibility index (Phi) is 3.31. The minimum absolute atomic E-state index is 0.197. The van der Waals surface area contributed by atoms with Crippen molar-refractivity contribution in [2.45, 2.75) is 50.6 Å². The van der Waals surface area contributed by atoms with E-state index in [0.717, 1.165) is 25.7 Å². The number of carboxylic acid groups (broad SMARTS) is 1. The maximum atomic E-state index is 11.6. The lowest BCUT2D eigenvalue weighted by Gasteiger charge is -2.27. The zero-order valence-electron chi connectivity index (χ0n) is 9.24. The molecule has 3 N–H and O–H groups in total. The average Bonchev–Trinajstić information content (AvgIpc) is 2.59. The van der Waals surface area contributed by atoms with Crippen LogP contribution in [0.25, 0.3) is 0 Å². The monoisotopic (exact) mass is 226 g/mol. The van der Waals surface area contributed by atoms with Crippen molar-refractivity contribution in [3.63, 3.8) is 0 Å². The van der Waals surface area contributed by atoms with Gasteiger partial charge in [-0.25, -0.2) is 4.79 Å². The fraction of sp³-hybridized carbons (Fsp3) is 0.818. The molecule has 0 saturated heterocycles. The molecule has 2 fully saturated rings. The summed E-state index contributed by atoms with van der Waals surface area (Å²) in [5, 5.41) is 14.6. The zero-order valence-corrected chi connectivity index (χ0v) is 9.24. The highest BCUT2D eigenvalue weighted by Crippen LogP contribution is 2.26. The van der Waals surface area contributed by atoms with Gasteiger partial charge in [0.2, 0.25) is 0 Å². The lowest BCUT2D eigenvalue weighted by Crippen LogP contribution is -2.50. The molecule has 0 aromatic heterocycles. The molecule has 5 nitrogen and oxygen atoms in total. The Morgan fingerprint density at radius 3 is 2.25 bits per heavy atom. The Balaban J connectivity index is 1.78. The molecule has 2 saturated carbocycles. The van der Waals surface area contributed by atoms with Gasteiger partial charge in [-0.15, -0.1) is 0 Å². The third kappa shape index (κ3) is 2.46. The van der Waals surface area contributed by atoms with Gasteiger partial charge in [-0.3, -0.25) is 4.79 Å². The standard InChI is InChI=1S/C11H18N2O3/c14-10(15)8-5-2-6-9(8)13-11(16)12-7-3-1-4-7/h7-9H,1-6H2,(H,14,15)(H2,12,13,16). The number of hydrogen-bond donors (Lipinski definition) is 3. The molecule has 0 heterocycles. The van der Waals surface area contributed by atoms with Crippen LogP contribution in [0.15, 0.2) is 0 Å². The van der Waals surface area contributed by atoms with Crippen LogP contribution in [0, 0.1) is 5.92 Å². The molecule has 2 unspecified atom stereocenters. The molecule has 0 spiro atoms. The van der Waals surface area contributed by atoms with Gasteiger partial charge in [-0.2, -0.15) is 0 Å². The van der Waals surface area contributed by atoms with Crippen LogP contribution in [-0.2, 0) is 4.79 Å². The molecule has 2 amide bonds. The van der Waals surface area contributed by atoms with E-state index in [1.807, 2.05) is 0 Å². The fourth-order valence-corrected chi connectivity index (χ4v) is 2.38. The van der Waals surface area contributed by atoms with Crippen molar-refractivity contribution in [3.05, 3.63) is 0 Å². The number of carbonyl (C=O) groups excluding carboxylic acids is 1. The molecule has 0 radical (unpaired) electrons. The van der Waals surface area contributed by atoms with Gasteiger partial charge in [-0.1, -0.05) is 6.42 Å². The van der Waals surface area contributed by atoms with E-state index in [9.17, 15) is 9.59 Å². The minimum atomic E-state index is -0.800. The highest BCUT2D eigenvalue weighted by atomic mass is 16.4. The van der Waals surface area contributed by atoms with Gasteiger partial charge < -0.3 is 15.7 Å². The third-order valence-electron chi connectivity index (χ3n) is 3.59. The SMILES string of the molecule is O=C(NC1CCC1)NC1CCCC1C(=O)O. The predicted octanol–water partition coefficient (Wildman–Crippen LogP) is 1.09. The van der Waals surface area contributed by atoms with Crippen molar-refractivity contribution < 1.29 is 14.7 Å². The summed E-state index contributed by atoms with van der Waals surface area (Å²) in [6.45, 7) is 0. The van der Waals surface area contributed by atoms with E-state index in [1.165, 1.54) is 6.42 Å². The highest BCUT2D eigenvalue weighted by molar-refractivity contribution is 5.77. The maximum absolute atomic E-state index is 11.6. The summed E-state index contributed by atoms with van der Waals surface area (Å²) in [6.07, 6.45) is 5.58. The predicted molar refractivity (Wildman–Crippen MR) is 58.1 cm³/mol. The van der Waals surface area contributed by atoms with Crippen molar-refractivity contribution in [1.29, 1.82) is 0 Å². The smallest absolute Gasteiger partial charge is 0.315 e. The molecule has 0 aliphatic heterocycles. The van der Waals surface area contributed by atoms with Crippen LogP contribution >= 0.6 is 0 Å². The molecular formula is C11H18N2O3. The van der Waals surface area contributed by atoms with E-state index >= 15 is 0 Å². The number of amides is 2. The molecule has 2 aliphatic rings. The number of rotatable bonds is 3. The van der Waals surface area contributed by atoms with Crippen LogP contribution in [0.1, 0.15) is 38.5 Å². The van der Waals surface area contributed by atoms with Crippen molar-refractivity contribution in [2.75, 3.05) is 0 Å². The van der Waals surface area contributed by atoms with Crippen molar-refractivity contribution in [1.82, 2.24) is 10.6 Å². The Morgan fingerprint density at radius 2 is 1.69 bits per heavy atom. The second-order valence-corrected chi connectivity index (χ2v) is 4.73. The van der Waals surface area contributed by atoms with Gasteiger partial charge in [0, 0.05) is 12.1 Å². The maximum Gasteiger partial charge on any atom is 0.315 e. The minimum Gasteiger partial charge on any atom is -0.481 e. The Hall–Kier alpha value is -1.26. The summed E-state index contributed by atoms with van der Waals surface area (Å²) < 4.78 is 0. The van der Waals surface area contributed by atoms with Gasteiger partial charge in [0.25, 0.3) is 0 Å². The largest absolute Gasteiger partial charge is 0.481 e. The lowest BCUT2D eigenvalue weighted by molar-refractivity contribution is -0.142. The third-order valence-corrected chi connectivity index (χ3v) is 3.59. The normalized spacial score (nSPS) is 29.5. The lowest BCUT2D eigenvalue weighted by atomic mass is 9.93. The molecule has 2 rings (SSSR count). The Bertz CT molecular complexity index is 289. The molecule has 2 atom stereocenters. The van der Waals surface area contributed by atoms with Crippen LogP contribution in [0.2, 0.25) is 0 Å². The van der Waals surface area contributed by atoms with Gasteiger partial charge >= 0.3 is 12.0 Å². The first-order valence-corrected chi connectivity index (χ1v) is 5.96. The van der Waals surface area contributed by atoms with Crippen molar-refractivity contribution in [3.8, 4) is 0 Å². The first kappa shape index (κ1) is 11.2. The Labute approximate surface area is 94.6 Å². The summed E-state index contributed by atoms with van der Waals surface area (Å²) in [6, 6.07) is -0.106. The molecule has 90 valence electrons. The summed E-state index contributed by atoms with van der Waals surface area (Å²) in [7, 11) is 0. The molecule has 0 aromatic carbocycles. The van der Waals surface area contributed by atoms with E-state index < -0.39 is 11.9 Å². The van der Waals surface area contributed by atoms with Gasteiger partial charge in [-0.05, 0) is 32.1 Å². The second kappa shape index (κ2) is 4.72. The molecule has 16 heavy (non-hydrogen) atoms. The summed E-state index contributed by atoms with van der Waals surface area (Å²) in [5.41, 5.74) is 0. The second-order valence-electron chi connectivity index (χ2n) is 4.73. The first-order valence-electron chi connectivity index (χ1n) is 5.96. The van der Waals surface area contributed by atoms with E-state index in [1.54, 1.807) is 0 Å². The molecule has 2 aliphatic carbocycles. The summed E-state index contributed by atoms with van der Waals surface area (Å²) in [4.78, 5) is 22.5. The first-order chi connectivity index (χ1) is 7.66. The summed E-state index contributed by atoms with van der Waals surface area (Å²) in [5.74, 6) is -1.21. The molecule has 0 bridgehead atoms. The average molecular weight is 226 g/mol. The number of nitrogens with one attached hydrogen (secondary N) is 2. The molecular weight excluding hydrogens is 208 g/mol. The Morgan fingerprint density at radius 1 is 1.00 bits per heavy atom. The number of aliphatic carboxylic acids is 1. The zero-order chi connectivity index (χ0) is 11.5. The molecule has 5 heteroatoms. The van der Waals surface area contributed by atoms with Crippen LogP contribution in [0.4, 0.5) is 4.79 Å². The number of carboxylic acids is 1. The quantitative estimate of drug-likeness (QED) is 0.674. The van der Waals surface area contributed by atoms with Gasteiger partial charge in [0.15, 0.2) is 0 Å². The van der Waals surface area contributed by atoms with E-state index in [4.69, 9.17) is 5.11 Å². The van der Waals surface area contributed by atoms with E-state index in [0.29, 0.717) is 12.5 Å². The van der Waals surface area contributed by atoms with Crippen LogP contribution < -0.4 is 10.6 Å². The van der Waals surface area contributed by atoms with Gasteiger partial charge in [0.05, 0.1) is 5.92 Å². The van der Waals surface area contributed by atoms with Gasteiger partial charge in [0.1, 0.15) is 0 Å². The van der Waals surface area contributed by atoms with Crippen LogP contribution in [0.3, 0.4) is 0 Å². The highest BCUT2D eigenvalue weighted by Gasteiger charge is 2.34. The summed E-state index contributed by atoms with van der Waals surface area (Å²) >= 11 is 0. The fourth-order valence-electron chi connectivity index (χ4n) is 2.38. The van der Waals surface area contributed by atoms with Crippen LogP contribution in [0.5, 0.6) is 0 Å². The van der Waals surface area contributed by atoms with Crippen molar-refractivity contribution >= 4 is 12.0 Å². The molecule has 0 aromatic rings. The van der Waals surface area contributed by atoms with Crippen LogP contribution in [-0.4, -0.2) is 29.2 Å². The number of urea groups is 1. The van der Waals surface area contributed by atoms with Crippen molar-refractivity contribution in [2.24, 2.45) is 5.92 Å². The number of carbonyl (C=O) groups is 2.